The fraction of sp³-hybridized carbons (Fsp3) is 0.585. The molecule has 3 atom stereocenters. The van der Waals surface area contributed by atoms with Crippen LogP contribution < -0.4 is 5.32 Å². The minimum Gasteiger partial charge on any atom is -0.479 e. The van der Waals surface area contributed by atoms with Crippen molar-refractivity contribution in [2.24, 2.45) is 5.92 Å². The summed E-state index contributed by atoms with van der Waals surface area (Å²) in [4.78, 5) is 39.0. The molecule has 0 saturated carbocycles. The summed E-state index contributed by atoms with van der Waals surface area (Å²) in [5, 5.41) is 24.1. The van der Waals surface area contributed by atoms with E-state index in [0.29, 0.717) is 36.3 Å². The molecule has 1 aliphatic heterocycles. The number of carbonyl (C=O) groups excluding carboxylic acids is 2. The lowest BCUT2D eigenvalue weighted by Crippen LogP contribution is -2.55. The lowest BCUT2D eigenvalue weighted by Gasteiger charge is -2.30. The number of benzene rings is 2. The Hall–Kier alpha value is -3.64. The molecule has 10 nitrogen and oxygen atoms in total. The summed E-state index contributed by atoms with van der Waals surface area (Å²) in [5.41, 5.74) is -0.773. The number of methoxy groups -OCH3 is 2. The van der Waals surface area contributed by atoms with Crippen molar-refractivity contribution in [3.05, 3.63) is 72.1 Å². The second kappa shape index (κ2) is 22.4. The zero-order valence-corrected chi connectivity index (χ0v) is 31.1. The summed E-state index contributed by atoms with van der Waals surface area (Å²) in [6, 6.07) is 12.1. The van der Waals surface area contributed by atoms with Gasteiger partial charge in [0.15, 0.2) is 11.4 Å². The summed E-state index contributed by atoms with van der Waals surface area (Å²) in [6.45, 7) is 3.36. The van der Waals surface area contributed by atoms with Gasteiger partial charge in [-0.15, -0.1) is 0 Å². The van der Waals surface area contributed by atoms with E-state index >= 15 is 0 Å². The molecule has 1 aliphatic rings. The first-order valence-corrected chi connectivity index (χ1v) is 18.7. The van der Waals surface area contributed by atoms with E-state index < -0.39 is 41.2 Å². The second-order valence-electron chi connectivity index (χ2n) is 13.6. The number of hydrogen-bond acceptors (Lipinski definition) is 8. The number of amides is 1. The van der Waals surface area contributed by atoms with Gasteiger partial charge in [0.2, 0.25) is 5.91 Å². The smallest absolute Gasteiger partial charge is 0.336 e. The minimum atomic E-state index is -2.50. The third kappa shape index (κ3) is 13.1. The second-order valence-corrected chi connectivity index (χ2v) is 13.6. The minimum absolute atomic E-state index is 0.0200. The predicted octanol–water partition coefficient (Wildman–Crippen LogP) is 7.16. The molecule has 0 radical (unpaired) electrons. The maximum atomic E-state index is 14.3. The fourth-order valence-corrected chi connectivity index (χ4v) is 6.62. The molecule has 0 spiro atoms. The Morgan fingerprint density at radius 2 is 1.58 bits per heavy atom. The molecule has 1 saturated heterocycles. The Balaban J connectivity index is 1.62. The van der Waals surface area contributed by atoms with Gasteiger partial charge in [-0.05, 0) is 42.9 Å². The summed E-state index contributed by atoms with van der Waals surface area (Å²) < 4.78 is 36.4. The highest BCUT2D eigenvalue weighted by Crippen LogP contribution is 2.32. The van der Waals surface area contributed by atoms with Gasteiger partial charge in [0, 0.05) is 45.0 Å². The zero-order valence-electron chi connectivity index (χ0n) is 31.1. The van der Waals surface area contributed by atoms with Crippen LogP contribution in [-0.2, 0) is 39.8 Å². The van der Waals surface area contributed by atoms with Gasteiger partial charge in [-0.2, -0.15) is 0 Å². The number of allylic oxidation sites excluding steroid dienone is 1. The third-order valence-electron chi connectivity index (χ3n) is 9.72. The standard InChI is InChI=1S/C41H58FNO9/c1-4-5-6-10-15-24-40(51-28-29-52-40)25-16-11-8-7-9-12-18-34(41(48,39(46)47)26-27-49-2)37(44)43-36(38(45)50-3)30-31-20-22-32(23-21-31)33-17-13-14-19-35(33)42/h12-14,17-23,34,36,48H,4-11,15-16,24-30H2,1-3H3,(H,43,44)(H,46,47)/t34-,36+,41+/m1/s1. The maximum absolute atomic E-state index is 14.3. The number of aliphatic carboxylic acids is 1. The highest BCUT2D eigenvalue weighted by atomic mass is 19.1. The van der Waals surface area contributed by atoms with Crippen LogP contribution in [0, 0.1) is 11.7 Å². The number of halogens is 1. The number of unbranched alkanes of at least 4 members (excludes halogenated alkanes) is 8. The van der Waals surface area contributed by atoms with Crippen molar-refractivity contribution in [2.75, 3.05) is 34.0 Å². The van der Waals surface area contributed by atoms with E-state index in [1.54, 1.807) is 48.5 Å². The van der Waals surface area contributed by atoms with Crippen LogP contribution in [0.3, 0.4) is 0 Å². The number of nitrogens with one attached hydrogen (secondary N) is 1. The number of esters is 1. The van der Waals surface area contributed by atoms with Gasteiger partial charge in [-0.1, -0.05) is 100 Å². The van der Waals surface area contributed by atoms with Crippen LogP contribution in [0.15, 0.2) is 60.7 Å². The van der Waals surface area contributed by atoms with Gasteiger partial charge in [-0.25, -0.2) is 14.0 Å². The number of hydrogen-bond donors (Lipinski definition) is 3. The summed E-state index contributed by atoms with van der Waals surface area (Å²) >= 11 is 0. The number of carboxylic acid groups (broad SMARTS) is 1. The average Bonchev–Trinajstić information content (AvgIpc) is 3.61. The van der Waals surface area contributed by atoms with E-state index in [9.17, 15) is 29.0 Å². The molecule has 0 unspecified atom stereocenters. The van der Waals surface area contributed by atoms with E-state index in [0.717, 1.165) is 44.9 Å². The van der Waals surface area contributed by atoms with E-state index in [1.807, 2.05) is 0 Å². The zero-order chi connectivity index (χ0) is 37.8. The molecular weight excluding hydrogens is 669 g/mol. The van der Waals surface area contributed by atoms with Gasteiger partial charge in [0.05, 0.1) is 26.2 Å². The largest absolute Gasteiger partial charge is 0.479 e. The van der Waals surface area contributed by atoms with Gasteiger partial charge >= 0.3 is 11.9 Å². The molecule has 0 aliphatic carbocycles. The normalized spacial score (nSPS) is 16.3. The molecule has 1 fully saturated rings. The molecule has 0 aromatic heterocycles. The van der Waals surface area contributed by atoms with Crippen molar-refractivity contribution in [1.29, 1.82) is 0 Å². The first-order valence-electron chi connectivity index (χ1n) is 18.7. The van der Waals surface area contributed by atoms with Crippen LogP contribution in [-0.4, -0.2) is 79.5 Å². The topological polar surface area (TPSA) is 141 Å². The van der Waals surface area contributed by atoms with Crippen LogP contribution in [0.5, 0.6) is 0 Å². The first kappa shape index (κ1) is 42.8. The van der Waals surface area contributed by atoms with Gasteiger partial charge in [0.1, 0.15) is 11.9 Å². The number of rotatable bonds is 25. The molecule has 1 heterocycles. The number of aliphatic hydroxyl groups is 1. The van der Waals surface area contributed by atoms with Gasteiger partial charge in [0.25, 0.3) is 0 Å². The summed E-state index contributed by atoms with van der Waals surface area (Å²) in [6.07, 6.45) is 14.7. The van der Waals surface area contributed by atoms with Crippen molar-refractivity contribution in [3.63, 3.8) is 0 Å². The van der Waals surface area contributed by atoms with Gasteiger partial charge in [-0.3, -0.25) is 4.79 Å². The number of carbonyl (C=O) groups is 3. The number of ether oxygens (including phenoxy) is 4. The van der Waals surface area contributed by atoms with E-state index in [4.69, 9.17) is 18.9 Å². The molecule has 2 aromatic rings. The molecule has 3 rings (SSSR count). The lowest BCUT2D eigenvalue weighted by molar-refractivity contribution is -0.169. The summed E-state index contributed by atoms with van der Waals surface area (Å²) in [7, 11) is 2.56. The molecular formula is C41H58FNO9. The first-order chi connectivity index (χ1) is 25.1. The van der Waals surface area contributed by atoms with Crippen molar-refractivity contribution in [2.45, 2.75) is 114 Å². The van der Waals surface area contributed by atoms with Gasteiger partial charge < -0.3 is 34.5 Å². The Bertz CT molecular complexity index is 1410. The highest BCUT2D eigenvalue weighted by molar-refractivity contribution is 5.92. The van der Waals surface area contributed by atoms with E-state index in [2.05, 4.69) is 12.2 Å². The molecule has 2 aromatic carbocycles. The summed E-state index contributed by atoms with van der Waals surface area (Å²) in [5.74, 6) is -5.52. The fourth-order valence-electron chi connectivity index (χ4n) is 6.62. The van der Waals surface area contributed by atoms with E-state index in [-0.39, 0.29) is 25.3 Å². The van der Waals surface area contributed by atoms with Crippen molar-refractivity contribution >= 4 is 17.8 Å². The Morgan fingerprint density at radius 1 is 0.942 bits per heavy atom. The van der Waals surface area contributed by atoms with Crippen molar-refractivity contribution < 1.29 is 47.9 Å². The maximum Gasteiger partial charge on any atom is 0.336 e. The highest BCUT2D eigenvalue weighted by Gasteiger charge is 2.47. The average molecular weight is 728 g/mol. The molecule has 52 heavy (non-hydrogen) atoms. The molecule has 1 amide bonds. The monoisotopic (exact) mass is 727 g/mol. The Morgan fingerprint density at radius 3 is 2.17 bits per heavy atom. The van der Waals surface area contributed by atoms with Crippen LogP contribution >= 0.6 is 0 Å². The molecule has 288 valence electrons. The Labute approximate surface area is 308 Å². The Kier molecular flexibility index (Phi) is 18.5. The van der Waals surface area contributed by atoms with E-state index in [1.165, 1.54) is 52.0 Å². The predicted molar refractivity (Wildman–Crippen MR) is 197 cm³/mol. The van der Waals surface area contributed by atoms with Crippen molar-refractivity contribution in [1.82, 2.24) is 5.32 Å². The molecule has 3 N–H and O–H groups in total. The molecule has 0 bridgehead atoms. The van der Waals surface area contributed by atoms with Crippen LogP contribution in [0.2, 0.25) is 0 Å². The third-order valence-corrected chi connectivity index (χ3v) is 9.72. The number of carboxylic acids is 1. The lowest BCUT2D eigenvalue weighted by atomic mass is 9.83. The SMILES string of the molecule is CCCCCCCC1(CCCCCCC=C[C@H](C(=O)N[C@@H](Cc2ccc(-c3ccccc3F)cc2)C(=O)OC)[C@@](O)(CCOC)C(=O)O)OCCO1. The quantitative estimate of drug-likeness (QED) is 0.0552. The molecule has 11 heteroatoms. The van der Waals surface area contributed by atoms with Crippen LogP contribution in [0.4, 0.5) is 4.39 Å². The van der Waals surface area contributed by atoms with Crippen LogP contribution in [0.25, 0.3) is 11.1 Å². The van der Waals surface area contributed by atoms with Crippen molar-refractivity contribution in [3.8, 4) is 11.1 Å². The van der Waals surface area contributed by atoms with Crippen LogP contribution in [0.1, 0.15) is 96.0 Å².